The first-order valence-electron chi connectivity index (χ1n) is 18.0. The number of carboxylic acid groups (broad SMARTS) is 3. The zero-order chi connectivity index (χ0) is 43.7. The van der Waals surface area contributed by atoms with Crippen LogP contribution in [0.5, 0.6) is 0 Å². The van der Waals surface area contributed by atoms with Gasteiger partial charge in [-0.05, 0) is 32.8 Å². The Bertz CT molecular complexity index is 1590. The van der Waals surface area contributed by atoms with E-state index in [1.807, 2.05) is 0 Å². The van der Waals surface area contributed by atoms with Gasteiger partial charge in [-0.15, -0.1) is 0 Å². The molecule has 0 spiro atoms. The number of nitrogens with one attached hydrogen (secondary N) is 5. The van der Waals surface area contributed by atoms with Crippen LogP contribution < -0.4 is 32.3 Å². The maximum absolute atomic E-state index is 13.2. The summed E-state index contributed by atoms with van der Waals surface area (Å²) in [6, 6.07) is 0.726. The Morgan fingerprint density at radius 1 is 0.828 bits per heavy atom. The molecule has 0 radical (unpaired) electrons. The number of carboxylic acids is 3. The van der Waals surface area contributed by atoms with Crippen LogP contribution in [0.25, 0.3) is 0 Å². The Balaban J connectivity index is 2.05. The highest BCUT2D eigenvalue weighted by Crippen LogP contribution is 2.26. The number of rotatable bonds is 24. The molecule has 0 aliphatic carbocycles. The number of nitrogens with two attached hydrogens (primary N) is 1. The number of amides is 5. The van der Waals surface area contributed by atoms with Crippen LogP contribution in [0.3, 0.4) is 0 Å². The molecule has 22 nitrogen and oxygen atoms in total. The highest BCUT2D eigenvalue weighted by Gasteiger charge is 2.48. The van der Waals surface area contributed by atoms with Gasteiger partial charge in [0.15, 0.2) is 6.29 Å². The fraction of sp³-hybridized carbons (Fsp3) is 0.600. The van der Waals surface area contributed by atoms with Crippen LogP contribution in [0.4, 0.5) is 0 Å². The summed E-state index contributed by atoms with van der Waals surface area (Å²) >= 11 is 0.892. The van der Waals surface area contributed by atoms with Gasteiger partial charge in [-0.3, -0.25) is 33.6 Å². The van der Waals surface area contributed by atoms with E-state index in [2.05, 4.69) is 26.6 Å². The number of aliphatic hydroxyl groups excluding tert-OH is 2. The van der Waals surface area contributed by atoms with E-state index in [9.17, 15) is 53.7 Å². The van der Waals surface area contributed by atoms with Crippen molar-refractivity contribution in [3.8, 4) is 0 Å². The van der Waals surface area contributed by atoms with Gasteiger partial charge in [0.05, 0.1) is 13.2 Å². The van der Waals surface area contributed by atoms with Crippen molar-refractivity contribution in [3.05, 3.63) is 35.9 Å². The lowest BCUT2D eigenvalue weighted by Gasteiger charge is -2.44. The monoisotopic (exact) mass is 844 g/mol. The van der Waals surface area contributed by atoms with Crippen LogP contribution in [0.15, 0.2) is 30.3 Å². The summed E-state index contributed by atoms with van der Waals surface area (Å²) in [6.45, 7) is 4.24. The first-order chi connectivity index (χ1) is 27.2. The molecular formula is C35H52N6O16S. The van der Waals surface area contributed by atoms with E-state index in [-0.39, 0.29) is 18.1 Å². The smallest absolute Gasteiger partial charge is 0.326 e. The van der Waals surface area contributed by atoms with Gasteiger partial charge in [-0.25, -0.2) is 4.79 Å². The molecule has 11 atom stereocenters. The summed E-state index contributed by atoms with van der Waals surface area (Å²) in [6.07, 6.45) is -7.85. The van der Waals surface area contributed by atoms with Crippen molar-refractivity contribution in [1.29, 1.82) is 0 Å². The van der Waals surface area contributed by atoms with Crippen molar-refractivity contribution in [1.82, 2.24) is 26.6 Å². The van der Waals surface area contributed by atoms with Gasteiger partial charge < -0.3 is 72.1 Å². The van der Waals surface area contributed by atoms with Gasteiger partial charge in [0.2, 0.25) is 29.5 Å². The number of ether oxygens (including phenoxy) is 3. The van der Waals surface area contributed by atoms with Gasteiger partial charge in [-0.2, -0.15) is 11.8 Å². The lowest BCUT2D eigenvalue weighted by Crippen LogP contribution is -2.66. The van der Waals surface area contributed by atoms with Crippen molar-refractivity contribution in [2.75, 3.05) is 18.1 Å². The van der Waals surface area contributed by atoms with Crippen molar-refractivity contribution in [3.63, 3.8) is 0 Å². The molecule has 58 heavy (non-hydrogen) atoms. The summed E-state index contributed by atoms with van der Waals surface area (Å²) in [7, 11) is 0. The van der Waals surface area contributed by atoms with Crippen LogP contribution in [-0.4, -0.2) is 158 Å². The van der Waals surface area contributed by atoms with Crippen LogP contribution in [0.1, 0.15) is 46.1 Å². The molecule has 0 aromatic heterocycles. The zero-order valence-electron chi connectivity index (χ0n) is 32.2. The molecule has 0 bridgehead atoms. The third-order valence-corrected chi connectivity index (χ3v) is 9.68. The lowest BCUT2D eigenvalue weighted by atomic mass is 9.96. The highest BCUT2D eigenvalue weighted by molar-refractivity contribution is 7.99. The quantitative estimate of drug-likeness (QED) is 0.0484. The number of carbonyl (C=O) groups is 8. The van der Waals surface area contributed by atoms with E-state index in [1.165, 1.54) is 27.7 Å². The number of hydrogen-bond donors (Lipinski definition) is 11. The van der Waals surface area contributed by atoms with E-state index < -0.39 is 134 Å². The minimum Gasteiger partial charge on any atom is -0.480 e. The van der Waals surface area contributed by atoms with Gasteiger partial charge in [-0.1, -0.05) is 30.3 Å². The average molecular weight is 845 g/mol. The van der Waals surface area contributed by atoms with Gasteiger partial charge in [0.1, 0.15) is 60.7 Å². The number of aliphatic carboxylic acids is 3. The largest absolute Gasteiger partial charge is 0.480 e. The second kappa shape index (κ2) is 24.1. The van der Waals surface area contributed by atoms with Crippen molar-refractivity contribution in [2.45, 2.75) is 114 Å². The zero-order valence-corrected chi connectivity index (χ0v) is 33.0. The predicted molar refractivity (Wildman–Crippen MR) is 201 cm³/mol. The molecule has 1 heterocycles. The Kier molecular flexibility index (Phi) is 20.5. The maximum Gasteiger partial charge on any atom is 0.326 e. The van der Waals surface area contributed by atoms with E-state index in [1.54, 1.807) is 30.3 Å². The molecule has 324 valence electrons. The molecule has 2 unspecified atom stereocenters. The molecule has 1 aromatic rings. The number of benzene rings is 1. The van der Waals surface area contributed by atoms with E-state index in [0.717, 1.165) is 17.3 Å². The summed E-state index contributed by atoms with van der Waals surface area (Å²) in [4.78, 5) is 98.1. The van der Waals surface area contributed by atoms with E-state index in [0.29, 0.717) is 0 Å². The van der Waals surface area contributed by atoms with Crippen molar-refractivity contribution in [2.24, 2.45) is 5.73 Å². The fourth-order valence-electron chi connectivity index (χ4n) is 5.25. The molecule has 23 heteroatoms. The molecule has 1 saturated heterocycles. The normalized spacial score (nSPS) is 22.1. The molecule has 1 aliphatic heterocycles. The van der Waals surface area contributed by atoms with Crippen LogP contribution in [-0.2, 0) is 59.2 Å². The van der Waals surface area contributed by atoms with Gasteiger partial charge in [0, 0.05) is 24.9 Å². The molecular weight excluding hydrogens is 792 g/mol. The topological polar surface area (TPSA) is 352 Å². The SMILES string of the molecule is CC(=O)NC1[C@@H](OCc2ccccc2)OC(CO)[C@@H](O)[C@@H]1O[C@H](C)C(=O)N[C@@H](C)C(=O)N[C@H](CCC(=O)N[C@H](CSC[C@H](N)C(=O)O)C(=O)N[C@H](C)C(=O)O)C(=O)O. The van der Waals surface area contributed by atoms with E-state index >= 15 is 0 Å². The Hall–Kier alpha value is -4.91. The summed E-state index contributed by atoms with van der Waals surface area (Å²) in [5.74, 6) is -8.76. The van der Waals surface area contributed by atoms with Crippen molar-refractivity contribution >= 4 is 59.2 Å². The van der Waals surface area contributed by atoms with Gasteiger partial charge >= 0.3 is 17.9 Å². The molecule has 0 saturated carbocycles. The third-order valence-electron chi connectivity index (χ3n) is 8.52. The van der Waals surface area contributed by atoms with Crippen molar-refractivity contribution < 1.29 is 78.1 Å². The second-order valence-electron chi connectivity index (χ2n) is 13.3. The predicted octanol–water partition coefficient (Wildman–Crippen LogP) is -3.37. The molecule has 5 amide bonds. The van der Waals surface area contributed by atoms with E-state index in [4.69, 9.17) is 30.2 Å². The fourth-order valence-corrected chi connectivity index (χ4v) is 6.25. The summed E-state index contributed by atoms with van der Waals surface area (Å²) in [5.41, 5.74) is 6.22. The number of carbonyl (C=O) groups excluding carboxylic acids is 5. The number of hydrogen-bond acceptors (Lipinski definition) is 15. The first kappa shape index (κ1) is 49.2. The maximum atomic E-state index is 13.2. The number of thioether (sulfide) groups is 1. The molecule has 12 N–H and O–H groups in total. The lowest BCUT2D eigenvalue weighted by molar-refractivity contribution is -0.283. The molecule has 1 aromatic carbocycles. The Morgan fingerprint density at radius 2 is 1.47 bits per heavy atom. The van der Waals surface area contributed by atoms with Crippen LogP contribution in [0, 0.1) is 0 Å². The standard InChI is InChI=1S/C35H52N6O16S/c1-16(29(46)41-22(34(53)54)10-11-25(44)40-23(15-58-14-21(36)33(51)52)31(48)38-17(2)32(49)50)37-30(47)18(3)56-28-26(39-19(4)43)35(57-24(12-42)27(28)45)55-13-20-8-6-5-7-9-20/h5-9,16-18,21-24,26-28,35,42,45H,10-15,36H2,1-4H3,(H,37,47)(H,38,48)(H,39,43)(H,40,44)(H,41,46)(H,49,50)(H,51,52)(H,53,54)/t16-,17+,18+,21-,22+,23+,24?,26?,27+,28+,35-/m0/s1. The number of aliphatic hydroxyl groups is 2. The molecule has 1 aliphatic rings. The minimum atomic E-state index is -1.66. The summed E-state index contributed by atoms with van der Waals surface area (Å²) < 4.78 is 17.5. The van der Waals surface area contributed by atoms with Crippen LogP contribution >= 0.6 is 11.8 Å². The third kappa shape index (κ3) is 16.2. The Labute approximate surface area is 337 Å². The molecule has 2 rings (SSSR count). The Morgan fingerprint density at radius 3 is 2.03 bits per heavy atom. The first-order valence-corrected chi connectivity index (χ1v) is 19.2. The second-order valence-corrected chi connectivity index (χ2v) is 14.4. The van der Waals surface area contributed by atoms with Gasteiger partial charge in [0.25, 0.3) is 0 Å². The minimum absolute atomic E-state index is 0.0176. The summed E-state index contributed by atoms with van der Waals surface area (Å²) in [5, 5.41) is 60.5. The molecule has 1 fully saturated rings. The van der Waals surface area contributed by atoms with Crippen LogP contribution in [0.2, 0.25) is 0 Å². The highest BCUT2D eigenvalue weighted by atomic mass is 32.2. The average Bonchev–Trinajstić information content (AvgIpc) is 3.16.